The number of hydrogen-bond acceptors (Lipinski definition) is 0. The van der Waals surface area contributed by atoms with Gasteiger partial charge >= 0.3 is 0 Å². The van der Waals surface area contributed by atoms with Crippen LogP contribution in [0.1, 0.15) is 40.5 Å². The van der Waals surface area contributed by atoms with E-state index in [2.05, 4.69) is 27.4 Å². The van der Waals surface area contributed by atoms with E-state index in [4.69, 9.17) is 0 Å². The standard InChI is InChI=1S/C6H14.C3H6/c1-4-6(3)5-2;1-3-2/h6H,4-5H2,1-3H3;3H,1H2,2H3. The second-order valence-corrected chi connectivity index (χ2v) is 2.33. The second kappa shape index (κ2) is 10.7. The normalized spacial score (nSPS) is 8.11. The van der Waals surface area contributed by atoms with Crippen LogP contribution in [0.25, 0.3) is 0 Å². The van der Waals surface area contributed by atoms with Gasteiger partial charge in [0.25, 0.3) is 0 Å². The molecule has 0 saturated carbocycles. The summed E-state index contributed by atoms with van der Waals surface area (Å²) in [5.41, 5.74) is 0. The van der Waals surface area contributed by atoms with Crippen molar-refractivity contribution >= 4 is 0 Å². The molecule has 0 unspecified atom stereocenters. The molecule has 0 aliphatic heterocycles. The molecule has 0 aromatic rings. The van der Waals surface area contributed by atoms with Crippen molar-refractivity contribution in [1.29, 1.82) is 0 Å². The molecule has 0 fully saturated rings. The van der Waals surface area contributed by atoms with E-state index in [1.165, 1.54) is 12.8 Å². The molecule has 9 heavy (non-hydrogen) atoms. The van der Waals surface area contributed by atoms with Gasteiger partial charge in [0, 0.05) is 0 Å². The van der Waals surface area contributed by atoms with Gasteiger partial charge in [0.05, 0.1) is 0 Å². The van der Waals surface area contributed by atoms with Gasteiger partial charge in [-0.25, -0.2) is 0 Å². The zero-order valence-electron chi connectivity index (χ0n) is 7.28. The summed E-state index contributed by atoms with van der Waals surface area (Å²) in [6, 6.07) is 0. The van der Waals surface area contributed by atoms with Crippen molar-refractivity contribution in [3.05, 3.63) is 12.7 Å². The van der Waals surface area contributed by atoms with E-state index >= 15 is 0 Å². The summed E-state index contributed by atoms with van der Waals surface area (Å²) in [6.45, 7) is 12.0. The maximum atomic E-state index is 3.36. The summed E-state index contributed by atoms with van der Waals surface area (Å²) in [6.07, 6.45) is 4.41. The number of rotatable bonds is 2. The van der Waals surface area contributed by atoms with Crippen molar-refractivity contribution in [2.24, 2.45) is 5.92 Å². The molecule has 0 amide bonds. The molecule has 0 saturated heterocycles. The molecular formula is C9H20. The minimum absolute atomic E-state index is 0.935. The Bertz CT molecular complexity index is 42.0. The van der Waals surface area contributed by atoms with Crippen LogP contribution in [0.4, 0.5) is 0 Å². The lowest BCUT2D eigenvalue weighted by molar-refractivity contribution is 0.544. The van der Waals surface area contributed by atoms with Crippen LogP contribution in [0.2, 0.25) is 0 Å². The molecular weight excluding hydrogens is 108 g/mol. The van der Waals surface area contributed by atoms with E-state index in [9.17, 15) is 0 Å². The number of allylic oxidation sites excluding steroid dienone is 1. The van der Waals surface area contributed by atoms with Crippen molar-refractivity contribution in [1.82, 2.24) is 0 Å². The highest BCUT2D eigenvalue weighted by molar-refractivity contribution is 4.51. The maximum absolute atomic E-state index is 3.36. The molecule has 56 valence electrons. The van der Waals surface area contributed by atoms with Crippen molar-refractivity contribution in [2.75, 3.05) is 0 Å². The fourth-order valence-electron chi connectivity index (χ4n) is 0.289. The molecule has 0 aromatic heterocycles. The average Bonchev–Trinajstić information content (AvgIpc) is 1.88. The van der Waals surface area contributed by atoms with Crippen LogP contribution in [-0.2, 0) is 0 Å². The summed E-state index contributed by atoms with van der Waals surface area (Å²) in [5, 5.41) is 0. The van der Waals surface area contributed by atoms with Crippen molar-refractivity contribution in [3.63, 3.8) is 0 Å². The Balaban J connectivity index is 0. The van der Waals surface area contributed by atoms with Gasteiger partial charge < -0.3 is 0 Å². The summed E-state index contributed by atoms with van der Waals surface area (Å²) >= 11 is 0. The summed E-state index contributed by atoms with van der Waals surface area (Å²) in [5.74, 6) is 0.935. The summed E-state index contributed by atoms with van der Waals surface area (Å²) in [4.78, 5) is 0. The number of hydrogen-bond donors (Lipinski definition) is 0. The molecule has 0 radical (unpaired) electrons. The zero-order chi connectivity index (χ0) is 7.70. The van der Waals surface area contributed by atoms with Crippen LogP contribution in [-0.4, -0.2) is 0 Å². The SMILES string of the molecule is C=CC.CCC(C)CC. The summed E-state index contributed by atoms with van der Waals surface area (Å²) in [7, 11) is 0. The third-order valence-electron chi connectivity index (χ3n) is 1.39. The van der Waals surface area contributed by atoms with Crippen molar-refractivity contribution < 1.29 is 0 Å². The Hall–Kier alpha value is -0.260. The lowest BCUT2D eigenvalue weighted by Crippen LogP contribution is -1.85. The van der Waals surface area contributed by atoms with E-state index in [0.29, 0.717) is 0 Å². The van der Waals surface area contributed by atoms with Crippen LogP contribution >= 0.6 is 0 Å². The van der Waals surface area contributed by atoms with Crippen molar-refractivity contribution in [2.45, 2.75) is 40.5 Å². The molecule has 0 spiro atoms. The van der Waals surface area contributed by atoms with Gasteiger partial charge in [0.2, 0.25) is 0 Å². The third kappa shape index (κ3) is 18.2. The van der Waals surface area contributed by atoms with Gasteiger partial charge in [0.1, 0.15) is 0 Å². The van der Waals surface area contributed by atoms with Crippen molar-refractivity contribution in [3.8, 4) is 0 Å². The molecule has 0 nitrogen and oxygen atoms in total. The molecule has 0 aromatic carbocycles. The predicted octanol–water partition coefficient (Wildman–Crippen LogP) is 3.63. The Morgan fingerprint density at radius 3 is 1.56 bits per heavy atom. The monoisotopic (exact) mass is 128 g/mol. The van der Waals surface area contributed by atoms with E-state index in [1.807, 2.05) is 6.92 Å². The van der Waals surface area contributed by atoms with Crippen LogP contribution in [0.5, 0.6) is 0 Å². The molecule has 0 atom stereocenters. The van der Waals surface area contributed by atoms with Gasteiger partial charge in [-0.3, -0.25) is 0 Å². The highest BCUT2D eigenvalue weighted by Gasteiger charge is 1.88. The predicted molar refractivity (Wildman–Crippen MR) is 45.6 cm³/mol. The molecule has 0 heterocycles. The minimum Gasteiger partial charge on any atom is -0.103 e. The largest absolute Gasteiger partial charge is 0.103 e. The lowest BCUT2D eigenvalue weighted by Gasteiger charge is -1.98. The quantitative estimate of drug-likeness (QED) is 0.498. The average molecular weight is 128 g/mol. The fraction of sp³-hybridized carbons (Fsp3) is 0.778. The van der Waals surface area contributed by atoms with Gasteiger partial charge in [-0.1, -0.05) is 39.7 Å². The Morgan fingerprint density at radius 2 is 1.56 bits per heavy atom. The topological polar surface area (TPSA) is 0 Å². The van der Waals surface area contributed by atoms with Crippen LogP contribution < -0.4 is 0 Å². The highest BCUT2D eigenvalue weighted by atomic mass is 13.9. The van der Waals surface area contributed by atoms with Gasteiger partial charge in [-0.2, -0.15) is 0 Å². The van der Waals surface area contributed by atoms with Crippen LogP contribution in [0.15, 0.2) is 12.7 Å². The second-order valence-electron chi connectivity index (χ2n) is 2.33. The van der Waals surface area contributed by atoms with Gasteiger partial charge in [-0.05, 0) is 12.8 Å². The van der Waals surface area contributed by atoms with Gasteiger partial charge in [0.15, 0.2) is 0 Å². The van der Waals surface area contributed by atoms with Crippen LogP contribution in [0, 0.1) is 5.92 Å². The van der Waals surface area contributed by atoms with E-state index in [1.54, 1.807) is 6.08 Å². The molecule has 0 N–H and O–H groups in total. The zero-order valence-corrected chi connectivity index (χ0v) is 7.28. The molecule has 0 heteroatoms. The first-order valence-corrected chi connectivity index (χ1v) is 3.79. The van der Waals surface area contributed by atoms with E-state index < -0.39 is 0 Å². The van der Waals surface area contributed by atoms with Crippen LogP contribution in [0.3, 0.4) is 0 Å². The first-order valence-electron chi connectivity index (χ1n) is 3.79. The lowest BCUT2D eigenvalue weighted by atomic mass is 10.1. The first kappa shape index (κ1) is 11.5. The molecule has 0 rings (SSSR count). The fourth-order valence-corrected chi connectivity index (χ4v) is 0.289. The maximum Gasteiger partial charge on any atom is -0.0448 e. The highest BCUT2D eigenvalue weighted by Crippen LogP contribution is 2.02. The molecule has 0 aliphatic rings. The molecule has 0 aliphatic carbocycles. The minimum atomic E-state index is 0.935. The van der Waals surface area contributed by atoms with E-state index in [0.717, 1.165) is 5.92 Å². The Kier molecular flexibility index (Phi) is 13.7. The summed E-state index contributed by atoms with van der Waals surface area (Å²) < 4.78 is 0. The smallest absolute Gasteiger partial charge is 0.0448 e. The first-order chi connectivity index (χ1) is 4.22. The van der Waals surface area contributed by atoms with Gasteiger partial charge in [-0.15, -0.1) is 6.58 Å². The van der Waals surface area contributed by atoms with E-state index in [-0.39, 0.29) is 0 Å². The Morgan fingerprint density at radius 1 is 1.33 bits per heavy atom. The Labute approximate surface area is 60.0 Å². The molecule has 0 bridgehead atoms. The third-order valence-corrected chi connectivity index (χ3v) is 1.39.